The van der Waals surface area contributed by atoms with Crippen LogP contribution in [0.15, 0.2) is 30.7 Å². The van der Waals surface area contributed by atoms with Crippen LogP contribution in [0.1, 0.15) is 39.3 Å². The van der Waals surface area contributed by atoms with Gasteiger partial charge in [-0.3, -0.25) is 0 Å². The Morgan fingerprint density at radius 1 is 1.18 bits per heavy atom. The quantitative estimate of drug-likeness (QED) is 0.666. The summed E-state index contributed by atoms with van der Waals surface area (Å²) in [7, 11) is 0. The van der Waals surface area contributed by atoms with Crippen LogP contribution in [0, 0.1) is 6.92 Å². The predicted octanol–water partition coefficient (Wildman–Crippen LogP) is 1.61. The van der Waals surface area contributed by atoms with E-state index in [1.807, 2.05) is 46.0 Å². The number of ether oxygens (including phenoxy) is 2. The van der Waals surface area contributed by atoms with E-state index in [0.717, 1.165) is 23.0 Å². The number of aromatic nitrogens is 3. The molecule has 149 valence electrons. The zero-order chi connectivity index (χ0) is 20.1. The molecule has 7 nitrogen and oxygen atoms in total. The first-order valence-electron chi connectivity index (χ1n) is 9.39. The minimum absolute atomic E-state index is 0.0425. The van der Waals surface area contributed by atoms with Gasteiger partial charge in [-0.25, -0.2) is 0 Å². The summed E-state index contributed by atoms with van der Waals surface area (Å²) in [6.45, 7) is 8.87. The predicted molar refractivity (Wildman–Crippen MR) is 107 cm³/mol. The van der Waals surface area contributed by atoms with E-state index >= 15 is 0 Å². The van der Waals surface area contributed by atoms with Crippen LogP contribution in [0.3, 0.4) is 0 Å². The summed E-state index contributed by atoms with van der Waals surface area (Å²) in [4.78, 5) is 26.8. The summed E-state index contributed by atoms with van der Waals surface area (Å²) in [6.07, 6.45) is 4.69. The molecular formula is C20H26AsN4O3. The molecule has 28 heavy (non-hydrogen) atoms. The number of carbonyl (C=O) groups is 1. The zero-order valence-electron chi connectivity index (χ0n) is 16.8. The zero-order valence-corrected chi connectivity index (χ0v) is 18.6. The Balaban J connectivity index is 1.53. The van der Waals surface area contributed by atoms with Crippen molar-refractivity contribution in [3.8, 4) is 5.88 Å². The third-order valence-electron chi connectivity index (χ3n) is 4.13. The van der Waals surface area contributed by atoms with E-state index < -0.39 is 5.60 Å². The van der Waals surface area contributed by atoms with Crippen LogP contribution in [0.2, 0.25) is 0 Å². The van der Waals surface area contributed by atoms with Crippen LogP contribution < -0.4 is 13.6 Å². The van der Waals surface area contributed by atoms with Gasteiger partial charge in [0.1, 0.15) is 0 Å². The van der Waals surface area contributed by atoms with E-state index in [1.165, 1.54) is 4.35 Å². The van der Waals surface area contributed by atoms with Crippen molar-refractivity contribution in [1.29, 1.82) is 0 Å². The van der Waals surface area contributed by atoms with Crippen molar-refractivity contribution >= 4 is 30.7 Å². The molecule has 0 spiro atoms. The number of piperidine rings is 1. The van der Waals surface area contributed by atoms with Gasteiger partial charge in [0.25, 0.3) is 0 Å². The molecule has 0 unspecified atom stereocenters. The van der Waals surface area contributed by atoms with Crippen molar-refractivity contribution in [3.63, 3.8) is 0 Å². The maximum absolute atomic E-state index is 12.2. The molecular weight excluding hydrogens is 419 g/mol. The van der Waals surface area contributed by atoms with Crippen LogP contribution in [0.5, 0.6) is 5.88 Å². The molecule has 3 heterocycles. The van der Waals surface area contributed by atoms with Gasteiger partial charge in [0, 0.05) is 0 Å². The molecule has 1 radical (unpaired) electrons. The molecule has 1 aliphatic heterocycles. The summed E-state index contributed by atoms with van der Waals surface area (Å²) in [5.41, 5.74) is 0.535. The molecule has 0 saturated carbocycles. The van der Waals surface area contributed by atoms with Crippen molar-refractivity contribution in [2.45, 2.75) is 52.2 Å². The SMILES string of the molecule is Cc1cc([As]c2cc(OC3CCN(C(=O)OC(C)(C)C)CC3)ncn2)ccn1. The molecule has 8 heteroatoms. The molecule has 1 amide bonds. The van der Waals surface area contributed by atoms with E-state index in [1.54, 1.807) is 11.2 Å². The number of hydrogen-bond donors (Lipinski definition) is 0. The number of amides is 1. The van der Waals surface area contributed by atoms with Crippen LogP contribution in [-0.4, -0.2) is 66.5 Å². The molecule has 0 N–H and O–H groups in total. The fraction of sp³-hybridized carbons (Fsp3) is 0.500. The van der Waals surface area contributed by atoms with Gasteiger partial charge in [-0.1, -0.05) is 0 Å². The summed E-state index contributed by atoms with van der Waals surface area (Å²) in [5.74, 6) is 0.599. The second kappa shape index (κ2) is 8.91. The topological polar surface area (TPSA) is 77.4 Å². The standard InChI is InChI=1S/C20H26AsN4O3/c1-14-11-15(5-8-22-14)21-17-12-18(24-13-23-17)27-16-6-9-25(10-7-16)19(26)28-20(2,3)4/h5,8,11-13,16H,6-7,9-10H2,1-4H3. The number of pyridine rings is 1. The van der Waals surface area contributed by atoms with Gasteiger partial charge in [0.15, 0.2) is 0 Å². The van der Waals surface area contributed by atoms with E-state index in [-0.39, 0.29) is 27.9 Å². The first kappa shape index (κ1) is 20.6. The Hall–Kier alpha value is -2.14. The number of nitrogens with zero attached hydrogens (tertiary/aromatic N) is 4. The molecule has 2 aromatic rings. The normalized spacial score (nSPS) is 15.8. The third-order valence-corrected chi connectivity index (χ3v) is 6.25. The second-order valence-electron chi connectivity index (χ2n) is 7.77. The third kappa shape index (κ3) is 6.20. The Morgan fingerprint density at radius 3 is 2.61 bits per heavy atom. The monoisotopic (exact) mass is 445 g/mol. The van der Waals surface area contributed by atoms with Gasteiger partial charge in [0.2, 0.25) is 0 Å². The molecule has 1 saturated heterocycles. The van der Waals surface area contributed by atoms with E-state index in [2.05, 4.69) is 21.0 Å². The van der Waals surface area contributed by atoms with Crippen LogP contribution in [-0.2, 0) is 4.74 Å². The fourth-order valence-corrected chi connectivity index (χ4v) is 4.82. The Kier molecular flexibility index (Phi) is 6.55. The van der Waals surface area contributed by atoms with Gasteiger partial charge in [-0.15, -0.1) is 0 Å². The van der Waals surface area contributed by atoms with Crippen molar-refractivity contribution in [2.24, 2.45) is 0 Å². The van der Waals surface area contributed by atoms with Crippen molar-refractivity contribution in [1.82, 2.24) is 19.9 Å². The minimum atomic E-state index is -0.474. The van der Waals surface area contributed by atoms with Crippen LogP contribution in [0.4, 0.5) is 4.79 Å². The molecule has 0 atom stereocenters. The number of hydrogen-bond acceptors (Lipinski definition) is 6. The second-order valence-corrected chi connectivity index (χ2v) is 10.3. The summed E-state index contributed by atoms with van der Waals surface area (Å²) < 4.78 is 13.7. The van der Waals surface area contributed by atoms with Crippen LogP contribution in [0.25, 0.3) is 0 Å². The van der Waals surface area contributed by atoms with Gasteiger partial charge in [-0.05, 0) is 0 Å². The number of aryl methyl sites for hydroxylation is 1. The molecule has 3 rings (SSSR count). The van der Waals surface area contributed by atoms with Gasteiger partial charge >= 0.3 is 172 Å². The van der Waals surface area contributed by atoms with Crippen LogP contribution >= 0.6 is 0 Å². The molecule has 0 bridgehead atoms. The average molecular weight is 445 g/mol. The van der Waals surface area contributed by atoms with E-state index in [4.69, 9.17) is 9.47 Å². The summed E-state index contributed by atoms with van der Waals surface area (Å²) in [5, 5.41) is 0. The Labute approximate surface area is 172 Å². The number of likely N-dealkylation sites (tertiary alicyclic amines) is 1. The Morgan fingerprint density at radius 2 is 1.93 bits per heavy atom. The number of rotatable bonds is 4. The summed E-state index contributed by atoms with van der Waals surface area (Å²) in [6, 6.07) is 6.05. The summed E-state index contributed by atoms with van der Waals surface area (Å²) >= 11 is -0.237. The van der Waals surface area contributed by atoms with Crippen molar-refractivity contribution in [3.05, 3.63) is 36.4 Å². The van der Waals surface area contributed by atoms with Gasteiger partial charge < -0.3 is 0 Å². The van der Waals surface area contributed by atoms with E-state index in [9.17, 15) is 4.79 Å². The average Bonchev–Trinajstić information content (AvgIpc) is 2.61. The molecule has 0 aromatic carbocycles. The first-order chi connectivity index (χ1) is 13.3. The van der Waals surface area contributed by atoms with Gasteiger partial charge in [0.05, 0.1) is 0 Å². The number of carbonyl (C=O) groups excluding carboxylic acids is 1. The van der Waals surface area contributed by atoms with E-state index in [0.29, 0.717) is 19.0 Å². The van der Waals surface area contributed by atoms with Gasteiger partial charge in [-0.2, -0.15) is 0 Å². The maximum atomic E-state index is 12.2. The molecule has 2 aromatic heterocycles. The van der Waals surface area contributed by atoms with Crippen molar-refractivity contribution in [2.75, 3.05) is 13.1 Å². The molecule has 1 fully saturated rings. The molecule has 0 aliphatic carbocycles. The first-order valence-corrected chi connectivity index (χ1v) is 11.3. The Bertz CT molecular complexity index is 817. The fourth-order valence-electron chi connectivity index (χ4n) is 2.84. The molecule has 1 aliphatic rings. The van der Waals surface area contributed by atoms with Crippen molar-refractivity contribution < 1.29 is 14.3 Å².